The summed E-state index contributed by atoms with van der Waals surface area (Å²) < 4.78 is 37.7. The van der Waals surface area contributed by atoms with Gasteiger partial charge in [-0.15, -0.1) is 20.4 Å². The summed E-state index contributed by atoms with van der Waals surface area (Å²) in [6.45, 7) is 1.56. The fraction of sp³-hybridized carbons (Fsp3) is 0.200. The van der Waals surface area contributed by atoms with Gasteiger partial charge in [0, 0.05) is 5.56 Å². The Hall–Kier alpha value is -2.25. The lowest BCUT2D eigenvalue weighted by molar-refractivity contribution is -0.138. The molecule has 0 amide bonds. The number of aryl methyl sites for hydroxylation is 1. The van der Waals surface area contributed by atoms with Crippen LogP contribution in [0.5, 0.6) is 5.75 Å². The summed E-state index contributed by atoms with van der Waals surface area (Å²) in [5, 5.41) is 23.6. The number of phenolic OH excluding ortho intramolecular Hbond substituents is 1. The summed E-state index contributed by atoms with van der Waals surface area (Å²) in [6, 6.07) is 2.95. The van der Waals surface area contributed by atoms with Gasteiger partial charge in [0.2, 0.25) is 5.82 Å². The topological polar surface area (TPSA) is 71.8 Å². The third kappa shape index (κ3) is 2.36. The second-order valence-electron chi connectivity index (χ2n) is 3.50. The van der Waals surface area contributed by atoms with E-state index in [2.05, 4.69) is 20.4 Å². The molecular formula is C10H7F3N4O. The molecule has 1 aromatic heterocycles. The molecule has 2 aromatic rings. The van der Waals surface area contributed by atoms with Crippen LogP contribution in [0.1, 0.15) is 11.4 Å². The zero-order chi connectivity index (χ0) is 13.3. The van der Waals surface area contributed by atoms with Crippen molar-refractivity contribution in [3.63, 3.8) is 0 Å². The van der Waals surface area contributed by atoms with Gasteiger partial charge in [-0.2, -0.15) is 13.2 Å². The van der Waals surface area contributed by atoms with Gasteiger partial charge in [0.25, 0.3) is 0 Å². The van der Waals surface area contributed by atoms with Crippen LogP contribution >= 0.6 is 0 Å². The average molecular weight is 256 g/mol. The predicted molar refractivity (Wildman–Crippen MR) is 54.5 cm³/mol. The minimum atomic E-state index is -4.65. The van der Waals surface area contributed by atoms with Gasteiger partial charge in [-0.1, -0.05) is 0 Å². The van der Waals surface area contributed by atoms with E-state index in [1.54, 1.807) is 6.92 Å². The Balaban J connectivity index is 2.50. The molecule has 2 rings (SSSR count). The van der Waals surface area contributed by atoms with Crippen molar-refractivity contribution in [3.8, 4) is 17.1 Å². The monoisotopic (exact) mass is 256 g/mol. The van der Waals surface area contributed by atoms with E-state index in [-0.39, 0.29) is 11.4 Å². The molecular weight excluding hydrogens is 249 g/mol. The summed E-state index contributed by atoms with van der Waals surface area (Å²) in [7, 11) is 0. The molecule has 0 unspecified atom stereocenters. The molecule has 0 spiro atoms. The number of phenols is 1. The maximum absolute atomic E-state index is 12.6. The van der Waals surface area contributed by atoms with E-state index >= 15 is 0 Å². The Morgan fingerprint density at radius 3 is 2.22 bits per heavy atom. The van der Waals surface area contributed by atoms with Gasteiger partial charge in [0.05, 0.1) is 5.56 Å². The molecule has 8 heteroatoms. The highest BCUT2D eigenvalue weighted by Gasteiger charge is 2.34. The largest absolute Gasteiger partial charge is 0.507 e. The van der Waals surface area contributed by atoms with Crippen LogP contribution in [0.3, 0.4) is 0 Å². The SMILES string of the molecule is Cc1nnc(-c2ccc(O)c(C(F)(F)F)c2)nn1. The molecule has 0 saturated carbocycles. The van der Waals surface area contributed by atoms with Crippen molar-refractivity contribution in [1.82, 2.24) is 20.4 Å². The first-order chi connectivity index (χ1) is 8.38. The molecule has 1 aromatic carbocycles. The molecule has 94 valence electrons. The van der Waals surface area contributed by atoms with E-state index in [1.807, 2.05) is 0 Å². The lowest BCUT2D eigenvalue weighted by Gasteiger charge is -2.09. The zero-order valence-electron chi connectivity index (χ0n) is 9.10. The molecule has 0 radical (unpaired) electrons. The first kappa shape index (κ1) is 12.2. The van der Waals surface area contributed by atoms with Crippen molar-refractivity contribution in [3.05, 3.63) is 29.6 Å². The number of alkyl halides is 3. The molecule has 0 aliphatic heterocycles. The van der Waals surface area contributed by atoms with Gasteiger partial charge in [0.15, 0.2) is 5.82 Å². The van der Waals surface area contributed by atoms with E-state index in [0.29, 0.717) is 5.82 Å². The number of aromatic nitrogens is 4. The van der Waals surface area contributed by atoms with Gasteiger partial charge in [-0.05, 0) is 25.1 Å². The third-order valence-electron chi connectivity index (χ3n) is 2.14. The number of hydrogen-bond acceptors (Lipinski definition) is 5. The summed E-state index contributed by atoms with van der Waals surface area (Å²) in [5.74, 6) is -0.570. The summed E-state index contributed by atoms with van der Waals surface area (Å²) in [6.07, 6.45) is -4.65. The second kappa shape index (κ2) is 4.21. The van der Waals surface area contributed by atoms with Crippen molar-refractivity contribution in [2.75, 3.05) is 0 Å². The van der Waals surface area contributed by atoms with Crippen LogP contribution in [0.15, 0.2) is 18.2 Å². The summed E-state index contributed by atoms with van der Waals surface area (Å²) in [5.41, 5.74) is -1.07. The lowest BCUT2D eigenvalue weighted by Crippen LogP contribution is -2.06. The van der Waals surface area contributed by atoms with Gasteiger partial charge in [-0.3, -0.25) is 0 Å². The van der Waals surface area contributed by atoms with Gasteiger partial charge in [0.1, 0.15) is 5.75 Å². The predicted octanol–water partition coefficient (Wildman–Crippen LogP) is 1.97. The van der Waals surface area contributed by atoms with E-state index in [1.165, 1.54) is 6.07 Å². The highest BCUT2D eigenvalue weighted by atomic mass is 19.4. The van der Waals surface area contributed by atoms with Crippen molar-refractivity contribution in [2.24, 2.45) is 0 Å². The van der Waals surface area contributed by atoms with Gasteiger partial charge >= 0.3 is 6.18 Å². The number of nitrogens with zero attached hydrogens (tertiary/aromatic N) is 4. The van der Waals surface area contributed by atoms with Crippen molar-refractivity contribution < 1.29 is 18.3 Å². The minimum absolute atomic E-state index is 0.0360. The highest BCUT2D eigenvalue weighted by Crippen LogP contribution is 2.37. The highest BCUT2D eigenvalue weighted by molar-refractivity contribution is 5.58. The Kier molecular flexibility index (Phi) is 2.85. The average Bonchev–Trinajstić information content (AvgIpc) is 2.29. The normalized spacial score (nSPS) is 11.6. The van der Waals surface area contributed by atoms with Crippen LogP contribution in [0.2, 0.25) is 0 Å². The van der Waals surface area contributed by atoms with Crippen molar-refractivity contribution >= 4 is 0 Å². The molecule has 0 saturated heterocycles. The second-order valence-corrected chi connectivity index (χ2v) is 3.50. The van der Waals surface area contributed by atoms with Gasteiger partial charge in [-0.25, -0.2) is 0 Å². The first-order valence-electron chi connectivity index (χ1n) is 4.82. The van der Waals surface area contributed by atoms with Crippen molar-refractivity contribution in [2.45, 2.75) is 13.1 Å². The zero-order valence-corrected chi connectivity index (χ0v) is 9.10. The van der Waals surface area contributed by atoms with Crippen LogP contribution in [-0.4, -0.2) is 25.5 Å². The molecule has 0 bridgehead atoms. The van der Waals surface area contributed by atoms with E-state index in [4.69, 9.17) is 5.11 Å². The van der Waals surface area contributed by atoms with Gasteiger partial charge < -0.3 is 5.11 Å². The molecule has 18 heavy (non-hydrogen) atoms. The fourth-order valence-corrected chi connectivity index (χ4v) is 1.30. The van der Waals surface area contributed by atoms with E-state index in [0.717, 1.165) is 12.1 Å². The molecule has 1 heterocycles. The number of aromatic hydroxyl groups is 1. The Morgan fingerprint density at radius 1 is 1.06 bits per heavy atom. The van der Waals surface area contributed by atoms with E-state index in [9.17, 15) is 13.2 Å². The van der Waals surface area contributed by atoms with Crippen molar-refractivity contribution in [1.29, 1.82) is 0 Å². The molecule has 1 N–H and O–H groups in total. The van der Waals surface area contributed by atoms with Crippen LogP contribution in [0, 0.1) is 6.92 Å². The summed E-state index contributed by atoms with van der Waals surface area (Å²) in [4.78, 5) is 0. The maximum atomic E-state index is 12.6. The van der Waals surface area contributed by atoms with Crippen LogP contribution in [-0.2, 0) is 6.18 Å². The molecule has 0 aliphatic carbocycles. The standard InChI is InChI=1S/C10H7F3N4O/c1-5-14-16-9(17-15-5)6-2-3-8(18)7(4-6)10(11,12)13/h2-4,18H,1H3. The quantitative estimate of drug-likeness (QED) is 0.844. The van der Waals surface area contributed by atoms with Crippen LogP contribution < -0.4 is 0 Å². The fourth-order valence-electron chi connectivity index (χ4n) is 1.30. The molecule has 0 aliphatic rings. The third-order valence-corrected chi connectivity index (χ3v) is 2.14. The number of benzene rings is 1. The maximum Gasteiger partial charge on any atom is 0.419 e. The van der Waals surface area contributed by atoms with E-state index < -0.39 is 17.5 Å². The molecule has 0 atom stereocenters. The number of hydrogen-bond donors (Lipinski definition) is 1. The summed E-state index contributed by atoms with van der Waals surface area (Å²) >= 11 is 0. The number of halogens is 3. The molecule has 0 fully saturated rings. The Morgan fingerprint density at radius 2 is 1.67 bits per heavy atom. The smallest absolute Gasteiger partial charge is 0.419 e. The molecule has 5 nitrogen and oxygen atoms in total. The first-order valence-corrected chi connectivity index (χ1v) is 4.82. The Bertz CT molecular complexity index is 568. The van der Waals surface area contributed by atoms with Crippen LogP contribution in [0.4, 0.5) is 13.2 Å². The Labute approximate surface area is 99.3 Å². The lowest BCUT2D eigenvalue weighted by atomic mass is 10.1. The van der Waals surface area contributed by atoms with Crippen LogP contribution in [0.25, 0.3) is 11.4 Å². The minimum Gasteiger partial charge on any atom is -0.507 e. The number of rotatable bonds is 1.